The Morgan fingerprint density at radius 2 is 1.94 bits per heavy atom. The molecular formula is C13H17N3. The Balaban J connectivity index is 2.56. The lowest BCUT2D eigenvalue weighted by molar-refractivity contribution is 0.591. The van der Waals surface area contributed by atoms with E-state index in [0.29, 0.717) is 5.95 Å². The zero-order valence-corrected chi connectivity index (χ0v) is 10.2. The molecule has 84 valence electrons. The summed E-state index contributed by atoms with van der Waals surface area (Å²) in [4.78, 5) is 8.62. The zero-order chi connectivity index (χ0) is 11.8. The third-order valence-corrected chi connectivity index (χ3v) is 2.67. The molecule has 0 bridgehead atoms. The fraction of sp³-hybridized carbons (Fsp3) is 0.385. The van der Waals surface area contributed by atoms with Crippen LogP contribution < -0.4 is 5.32 Å². The van der Waals surface area contributed by atoms with Crippen LogP contribution in [-0.2, 0) is 5.41 Å². The number of benzene rings is 1. The maximum atomic E-state index is 4.39. The summed E-state index contributed by atoms with van der Waals surface area (Å²) in [6.07, 6.45) is 1.86. The van der Waals surface area contributed by atoms with Crippen molar-refractivity contribution in [3.8, 4) is 0 Å². The van der Waals surface area contributed by atoms with Gasteiger partial charge in [0.05, 0.1) is 5.52 Å². The number of nitrogens with one attached hydrogen (secondary N) is 1. The molecule has 3 nitrogen and oxygen atoms in total. The predicted molar refractivity (Wildman–Crippen MR) is 67.8 cm³/mol. The van der Waals surface area contributed by atoms with Gasteiger partial charge >= 0.3 is 0 Å². The number of anilines is 1. The van der Waals surface area contributed by atoms with Crippen molar-refractivity contribution in [3.05, 3.63) is 30.0 Å². The molecule has 2 rings (SSSR count). The van der Waals surface area contributed by atoms with Gasteiger partial charge < -0.3 is 5.32 Å². The smallest absolute Gasteiger partial charge is 0.222 e. The summed E-state index contributed by atoms with van der Waals surface area (Å²) in [5, 5.41) is 4.03. The van der Waals surface area contributed by atoms with E-state index in [0.717, 1.165) is 10.9 Å². The van der Waals surface area contributed by atoms with Crippen molar-refractivity contribution in [2.24, 2.45) is 0 Å². The molecule has 0 fully saturated rings. The minimum atomic E-state index is 0.163. The van der Waals surface area contributed by atoms with Gasteiger partial charge in [0.15, 0.2) is 0 Å². The van der Waals surface area contributed by atoms with Crippen LogP contribution in [0.4, 0.5) is 5.95 Å². The summed E-state index contributed by atoms with van der Waals surface area (Å²) < 4.78 is 0. The normalized spacial score (nSPS) is 11.8. The maximum Gasteiger partial charge on any atom is 0.222 e. The highest BCUT2D eigenvalue weighted by molar-refractivity contribution is 5.79. The molecule has 0 aliphatic rings. The summed E-state index contributed by atoms with van der Waals surface area (Å²) in [7, 11) is 1.82. The van der Waals surface area contributed by atoms with Crippen molar-refractivity contribution < 1.29 is 0 Å². The fourth-order valence-corrected chi connectivity index (χ4v) is 1.62. The second-order valence-corrected chi connectivity index (χ2v) is 4.97. The molecule has 3 heteroatoms. The Hall–Kier alpha value is -1.64. The van der Waals surface area contributed by atoms with Gasteiger partial charge in [-0.2, -0.15) is 0 Å². The Bertz CT molecular complexity index is 512. The van der Waals surface area contributed by atoms with Gasteiger partial charge in [-0.15, -0.1) is 0 Å². The minimum Gasteiger partial charge on any atom is -0.357 e. The molecular weight excluding hydrogens is 198 g/mol. The number of aromatic nitrogens is 2. The van der Waals surface area contributed by atoms with Crippen LogP contribution in [0.5, 0.6) is 0 Å². The topological polar surface area (TPSA) is 37.8 Å². The van der Waals surface area contributed by atoms with Crippen molar-refractivity contribution in [3.63, 3.8) is 0 Å². The molecule has 0 aliphatic carbocycles. The van der Waals surface area contributed by atoms with Crippen LogP contribution in [0.25, 0.3) is 10.9 Å². The van der Waals surface area contributed by atoms with Crippen LogP contribution in [0.2, 0.25) is 0 Å². The SMILES string of the molecule is CNc1ncc2cc(C(C)(C)C)ccc2n1. The van der Waals surface area contributed by atoms with Crippen molar-refractivity contribution in [1.29, 1.82) is 0 Å². The molecule has 0 atom stereocenters. The number of hydrogen-bond donors (Lipinski definition) is 1. The predicted octanol–water partition coefficient (Wildman–Crippen LogP) is 2.97. The van der Waals surface area contributed by atoms with Crippen LogP contribution >= 0.6 is 0 Å². The van der Waals surface area contributed by atoms with Crippen LogP contribution in [0.3, 0.4) is 0 Å². The van der Waals surface area contributed by atoms with Crippen LogP contribution in [0, 0.1) is 0 Å². The highest BCUT2D eigenvalue weighted by Gasteiger charge is 2.13. The van der Waals surface area contributed by atoms with Gasteiger partial charge in [0, 0.05) is 18.6 Å². The molecule has 1 aromatic heterocycles. The number of hydrogen-bond acceptors (Lipinski definition) is 3. The van der Waals surface area contributed by atoms with E-state index in [4.69, 9.17) is 0 Å². The first-order valence-electron chi connectivity index (χ1n) is 5.46. The summed E-state index contributed by atoms with van der Waals surface area (Å²) in [5.41, 5.74) is 2.45. The van der Waals surface area contributed by atoms with E-state index in [1.807, 2.05) is 13.2 Å². The minimum absolute atomic E-state index is 0.163. The molecule has 0 spiro atoms. The lowest BCUT2D eigenvalue weighted by Gasteiger charge is -2.19. The van der Waals surface area contributed by atoms with E-state index >= 15 is 0 Å². The van der Waals surface area contributed by atoms with E-state index in [-0.39, 0.29) is 5.41 Å². The van der Waals surface area contributed by atoms with Gasteiger partial charge in [0.1, 0.15) is 0 Å². The number of rotatable bonds is 1. The molecule has 0 aliphatic heterocycles. The largest absolute Gasteiger partial charge is 0.357 e. The second-order valence-electron chi connectivity index (χ2n) is 4.97. The molecule has 0 amide bonds. The third kappa shape index (κ3) is 1.98. The molecule has 1 N–H and O–H groups in total. The summed E-state index contributed by atoms with van der Waals surface area (Å²) in [6, 6.07) is 6.35. The van der Waals surface area contributed by atoms with E-state index in [1.165, 1.54) is 5.56 Å². The fourth-order valence-electron chi connectivity index (χ4n) is 1.62. The Morgan fingerprint density at radius 1 is 1.19 bits per heavy atom. The monoisotopic (exact) mass is 215 g/mol. The molecule has 0 radical (unpaired) electrons. The molecule has 2 aromatic rings. The van der Waals surface area contributed by atoms with Crippen LogP contribution in [-0.4, -0.2) is 17.0 Å². The van der Waals surface area contributed by atoms with E-state index < -0.39 is 0 Å². The summed E-state index contributed by atoms with van der Waals surface area (Å²) in [5.74, 6) is 0.663. The van der Waals surface area contributed by atoms with E-state index in [1.54, 1.807) is 0 Å². The average Bonchev–Trinajstić information content (AvgIpc) is 2.26. The van der Waals surface area contributed by atoms with Crippen molar-refractivity contribution in [2.75, 3.05) is 12.4 Å². The Labute approximate surface area is 95.9 Å². The van der Waals surface area contributed by atoms with E-state index in [2.05, 4.69) is 54.3 Å². The second kappa shape index (κ2) is 3.74. The first-order valence-corrected chi connectivity index (χ1v) is 5.46. The van der Waals surface area contributed by atoms with Crippen LogP contribution in [0.1, 0.15) is 26.3 Å². The lowest BCUT2D eigenvalue weighted by atomic mass is 9.86. The molecule has 0 saturated heterocycles. The van der Waals surface area contributed by atoms with Gasteiger partial charge in [-0.1, -0.05) is 26.8 Å². The van der Waals surface area contributed by atoms with Crippen molar-refractivity contribution in [1.82, 2.24) is 9.97 Å². The first-order chi connectivity index (χ1) is 7.50. The number of fused-ring (bicyclic) bond motifs is 1. The first kappa shape index (κ1) is 10.9. The highest BCUT2D eigenvalue weighted by Crippen LogP contribution is 2.25. The lowest BCUT2D eigenvalue weighted by Crippen LogP contribution is -2.10. The van der Waals surface area contributed by atoms with Gasteiger partial charge in [-0.25, -0.2) is 9.97 Å². The molecule has 1 heterocycles. The molecule has 16 heavy (non-hydrogen) atoms. The molecule has 0 unspecified atom stereocenters. The van der Waals surface area contributed by atoms with Crippen molar-refractivity contribution in [2.45, 2.75) is 26.2 Å². The van der Waals surface area contributed by atoms with Crippen LogP contribution in [0.15, 0.2) is 24.4 Å². The van der Waals surface area contributed by atoms with Gasteiger partial charge in [0.25, 0.3) is 0 Å². The Morgan fingerprint density at radius 3 is 2.56 bits per heavy atom. The summed E-state index contributed by atoms with van der Waals surface area (Å²) >= 11 is 0. The van der Waals surface area contributed by atoms with Gasteiger partial charge in [-0.05, 0) is 23.1 Å². The van der Waals surface area contributed by atoms with Gasteiger partial charge in [0.2, 0.25) is 5.95 Å². The van der Waals surface area contributed by atoms with E-state index in [9.17, 15) is 0 Å². The standard InChI is InChI=1S/C13H17N3/c1-13(2,3)10-5-6-11-9(7-10)8-15-12(14-4)16-11/h5-8H,1-4H3,(H,14,15,16). The number of nitrogens with zero attached hydrogens (tertiary/aromatic N) is 2. The van der Waals surface area contributed by atoms with Crippen molar-refractivity contribution >= 4 is 16.9 Å². The van der Waals surface area contributed by atoms with Gasteiger partial charge in [-0.3, -0.25) is 0 Å². The molecule has 1 aromatic carbocycles. The zero-order valence-electron chi connectivity index (χ0n) is 10.2. The average molecular weight is 215 g/mol. The molecule has 0 saturated carbocycles. The summed E-state index contributed by atoms with van der Waals surface area (Å²) in [6.45, 7) is 6.62. The quantitative estimate of drug-likeness (QED) is 0.794. The highest BCUT2D eigenvalue weighted by atomic mass is 15.1. The Kier molecular flexibility index (Phi) is 2.54. The maximum absolute atomic E-state index is 4.39. The third-order valence-electron chi connectivity index (χ3n) is 2.67.